The summed E-state index contributed by atoms with van der Waals surface area (Å²) in [5.74, 6) is 0.135. The van der Waals surface area contributed by atoms with Crippen LogP contribution in [0.1, 0.15) is 25.0 Å². The molecular formula is C14H13FN2. The first-order chi connectivity index (χ1) is 8.10. The van der Waals surface area contributed by atoms with E-state index in [2.05, 4.69) is 18.8 Å². The monoisotopic (exact) mass is 228 g/mol. The molecule has 0 saturated carbocycles. The van der Waals surface area contributed by atoms with Gasteiger partial charge in [0, 0.05) is 11.6 Å². The van der Waals surface area contributed by atoms with Crippen molar-refractivity contribution in [2.24, 2.45) is 5.92 Å². The van der Waals surface area contributed by atoms with Gasteiger partial charge in [0.25, 0.3) is 0 Å². The third-order valence-corrected chi connectivity index (χ3v) is 2.57. The van der Waals surface area contributed by atoms with E-state index in [1.807, 2.05) is 12.1 Å². The van der Waals surface area contributed by atoms with Gasteiger partial charge in [0.1, 0.15) is 11.9 Å². The Morgan fingerprint density at radius 2 is 2.12 bits per heavy atom. The van der Waals surface area contributed by atoms with Crippen molar-refractivity contribution in [1.29, 1.82) is 5.26 Å². The number of nitrogens with zero attached hydrogens (tertiary/aromatic N) is 2. The topological polar surface area (TPSA) is 36.7 Å². The van der Waals surface area contributed by atoms with Gasteiger partial charge in [-0.25, -0.2) is 4.39 Å². The Labute approximate surface area is 99.7 Å². The van der Waals surface area contributed by atoms with Gasteiger partial charge >= 0.3 is 0 Å². The second kappa shape index (κ2) is 4.50. The van der Waals surface area contributed by atoms with Crippen LogP contribution < -0.4 is 0 Å². The van der Waals surface area contributed by atoms with E-state index < -0.39 is 5.82 Å². The molecule has 2 nitrogen and oxygen atoms in total. The van der Waals surface area contributed by atoms with E-state index in [1.165, 1.54) is 12.1 Å². The normalized spacial score (nSPS) is 10.8. The van der Waals surface area contributed by atoms with Crippen LogP contribution in [0.15, 0.2) is 24.4 Å². The van der Waals surface area contributed by atoms with Crippen molar-refractivity contribution in [3.05, 3.63) is 41.3 Å². The Kier molecular flexibility index (Phi) is 3.06. The fourth-order valence-electron chi connectivity index (χ4n) is 1.93. The van der Waals surface area contributed by atoms with Crippen molar-refractivity contribution in [2.45, 2.75) is 20.3 Å². The lowest BCUT2D eigenvalue weighted by Crippen LogP contribution is -1.96. The fourth-order valence-corrected chi connectivity index (χ4v) is 1.93. The van der Waals surface area contributed by atoms with Crippen LogP contribution in [0.5, 0.6) is 0 Å². The molecule has 0 aliphatic carbocycles. The van der Waals surface area contributed by atoms with E-state index in [-0.39, 0.29) is 5.56 Å². The summed E-state index contributed by atoms with van der Waals surface area (Å²) in [4.78, 5) is 4.26. The van der Waals surface area contributed by atoms with Gasteiger partial charge in [-0.1, -0.05) is 13.8 Å². The molecule has 0 atom stereocenters. The second-order valence-electron chi connectivity index (χ2n) is 4.58. The van der Waals surface area contributed by atoms with Gasteiger partial charge in [0.15, 0.2) is 0 Å². The van der Waals surface area contributed by atoms with Crippen LogP contribution >= 0.6 is 0 Å². The molecule has 0 bridgehead atoms. The molecule has 17 heavy (non-hydrogen) atoms. The molecule has 0 spiro atoms. The molecular weight excluding hydrogens is 215 g/mol. The van der Waals surface area contributed by atoms with Crippen molar-refractivity contribution in [3.8, 4) is 6.07 Å². The number of benzene rings is 1. The number of pyridine rings is 1. The zero-order valence-electron chi connectivity index (χ0n) is 9.87. The van der Waals surface area contributed by atoms with Crippen LogP contribution in [0.2, 0.25) is 0 Å². The largest absolute Gasteiger partial charge is 0.255 e. The molecule has 1 aromatic carbocycles. The first-order valence-electron chi connectivity index (χ1n) is 5.58. The number of halogens is 1. The summed E-state index contributed by atoms with van der Waals surface area (Å²) < 4.78 is 13.3. The highest BCUT2D eigenvalue weighted by Gasteiger charge is 2.07. The summed E-state index contributed by atoms with van der Waals surface area (Å²) in [6.45, 7) is 4.24. The van der Waals surface area contributed by atoms with Crippen molar-refractivity contribution in [1.82, 2.24) is 4.98 Å². The maximum Gasteiger partial charge on any atom is 0.125 e. The minimum absolute atomic E-state index is 0.288. The van der Waals surface area contributed by atoms with Gasteiger partial charge in [-0.2, -0.15) is 5.26 Å². The third-order valence-electron chi connectivity index (χ3n) is 2.57. The first kappa shape index (κ1) is 11.5. The molecule has 0 saturated heterocycles. The predicted octanol–water partition coefficient (Wildman–Crippen LogP) is 3.44. The quantitative estimate of drug-likeness (QED) is 0.789. The first-order valence-corrected chi connectivity index (χ1v) is 5.58. The fraction of sp³-hybridized carbons (Fsp3) is 0.286. The van der Waals surface area contributed by atoms with Gasteiger partial charge in [0.05, 0.1) is 11.1 Å². The van der Waals surface area contributed by atoms with Crippen LogP contribution in [-0.4, -0.2) is 4.98 Å². The Balaban J connectivity index is 2.58. The van der Waals surface area contributed by atoms with Crippen LogP contribution in [0.25, 0.3) is 10.9 Å². The number of fused-ring (bicyclic) bond motifs is 1. The van der Waals surface area contributed by atoms with Crippen molar-refractivity contribution < 1.29 is 4.39 Å². The highest BCUT2D eigenvalue weighted by molar-refractivity contribution is 5.84. The molecule has 0 amide bonds. The minimum atomic E-state index is -0.391. The standard InChI is InChI=1S/C14H13FN2/c1-9(2)3-10-4-11-5-13(15)6-12(7-16)14(11)17-8-10/h4-6,8-9H,3H2,1-2H3. The van der Waals surface area contributed by atoms with Crippen LogP contribution in [0, 0.1) is 23.1 Å². The molecule has 3 heteroatoms. The van der Waals surface area contributed by atoms with Crippen LogP contribution in [0.3, 0.4) is 0 Å². The molecule has 0 unspecified atom stereocenters. The van der Waals surface area contributed by atoms with E-state index in [4.69, 9.17) is 5.26 Å². The van der Waals surface area contributed by atoms with E-state index in [0.29, 0.717) is 16.8 Å². The molecule has 0 aliphatic rings. The zero-order chi connectivity index (χ0) is 12.4. The SMILES string of the molecule is CC(C)Cc1cnc2c(C#N)cc(F)cc2c1. The third kappa shape index (κ3) is 2.42. The van der Waals surface area contributed by atoms with Crippen molar-refractivity contribution in [3.63, 3.8) is 0 Å². The maximum absolute atomic E-state index is 13.3. The summed E-state index contributed by atoms with van der Waals surface area (Å²) in [7, 11) is 0. The van der Waals surface area contributed by atoms with E-state index in [0.717, 1.165) is 12.0 Å². The molecule has 0 aliphatic heterocycles. The summed E-state index contributed by atoms with van der Waals surface area (Å²) in [6.07, 6.45) is 2.67. The lowest BCUT2D eigenvalue weighted by atomic mass is 10.0. The average molecular weight is 228 g/mol. The van der Waals surface area contributed by atoms with E-state index in [1.54, 1.807) is 6.20 Å². The van der Waals surface area contributed by atoms with Crippen molar-refractivity contribution in [2.75, 3.05) is 0 Å². The van der Waals surface area contributed by atoms with Gasteiger partial charge < -0.3 is 0 Å². The minimum Gasteiger partial charge on any atom is -0.255 e. The van der Waals surface area contributed by atoms with Gasteiger partial charge in [-0.05, 0) is 36.1 Å². The molecule has 0 fully saturated rings. The Morgan fingerprint density at radius 1 is 1.35 bits per heavy atom. The number of hydrogen-bond acceptors (Lipinski definition) is 2. The Hall–Kier alpha value is -1.95. The summed E-state index contributed by atoms with van der Waals surface area (Å²) in [5, 5.41) is 9.61. The Morgan fingerprint density at radius 3 is 2.76 bits per heavy atom. The maximum atomic E-state index is 13.3. The van der Waals surface area contributed by atoms with Crippen LogP contribution in [0.4, 0.5) is 4.39 Å². The highest BCUT2D eigenvalue weighted by Crippen LogP contribution is 2.20. The molecule has 2 aromatic rings. The lowest BCUT2D eigenvalue weighted by molar-refractivity contribution is 0.629. The molecule has 0 radical (unpaired) electrons. The van der Waals surface area contributed by atoms with Crippen LogP contribution in [-0.2, 0) is 6.42 Å². The van der Waals surface area contributed by atoms with E-state index in [9.17, 15) is 4.39 Å². The predicted molar refractivity (Wildman–Crippen MR) is 65.0 cm³/mol. The van der Waals surface area contributed by atoms with Gasteiger partial charge in [-0.3, -0.25) is 4.98 Å². The lowest BCUT2D eigenvalue weighted by Gasteiger charge is -2.06. The van der Waals surface area contributed by atoms with Gasteiger partial charge in [0.2, 0.25) is 0 Å². The molecule has 1 aromatic heterocycles. The summed E-state index contributed by atoms with van der Waals surface area (Å²) in [6, 6.07) is 6.52. The zero-order valence-corrected chi connectivity index (χ0v) is 9.87. The highest BCUT2D eigenvalue weighted by atomic mass is 19.1. The number of hydrogen-bond donors (Lipinski definition) is 0. The average Bonchev–Trinajstić information content (AvgIpc) is 2.26. The molecule has 2 rings (SSSR count). The molecule has 1 heterocycles. The Bertz CT molecular complexity index is 597. The number of rotatable bonds is 2. The number of aromatic nitrogens is 1. The van der Waals surface area contributed by atoms with Crippen molar-refractivity contribution >= 4 is 10.9 Å². The summed E-state index contributed by atoms with van der Waals surface area (Å²) >= 11 is 0. The van der Waals surface area contributed by atoms with E-state index >= 15 is 0 Å². The molecule has 86 valence electrons. The van der Waals surface area contributed by atoms with Gasteiger partial charge in [-0.15, -0.1) is 0 Å². The molecule has 0 N–H and O–H groups in total. The summed E-state index contributed by atoms with van der Waals surface area (Å²) in [5.41, 5.74) is 1.93. The second-order valence-corrected chi connectivity index (χ2v) is 4.58. The smallest absolute Gasteiger partial charge is 0.125 e. The number of nitriles is 1.